The zero-order chi connectivity index (χ0) is 21.0. The molecule has 0 aliphatic carbocycles. The van der Waals surface area contributed by atoms with Gasteiger partial charge in [0.2, 0.25) is 5.91 Å². The molecule has 1 heterocycles. The molecule has 2 amide bonds. The summed E-state index contributed by atoms with van der Waals surface area (Å²) in [6.45, 7) is 5.66. The Labute approximate surface area is 167 Å². The second-order valence-corrected chi connectivity index (χ2v) is 7.37. The van der Waals surface area contributed by atoms with E-state index < -0.39 is 17.5 Å². The van der Waals surface area contributed by atoms with E-state index in [2.05, 4.69) is 10.0 Å². The summed E-state index contributed by atoms with van der Waals surface area (Å²) < 4.78 is 11.0. The second kappa shape index (κ2) is 8.08. The molecule has 0 unspecified atom stereocenters. The molecule has 0 aliphatic heterocycles. The number of azide groups is 1. The number of anilines is 1. The summed E-state index contributed by atoms with van der Waals surface area (Å²) in [5.41, 5.74) is 9.70. The van der Waals surface area contributed by atoms with Crippen LogP contribution in [-0.2, 0) is 11.3 Å². The Hall–Kier alpha value is -3.77. The van der Waals surface area contributed by atoms with Gasteiger partial charge in [0, 0.05) is 21.4 Å². The van der Waals surface area contributed by atoms with Gasteiger partial charge in [0.15, 0.2) is 0 Å². The molecule has 8 heteroatoms. The Balaban J connectivity index is 2.03. The maximum absolute atomic E-state index is 13.0. The van der Waals surface area contributed by atoms with Crippen molar-refractivity contribution >= 4 is 28.7 Å². The lowest BCUT2D eigenvalue weighted by atomic mass is 10.0. The van der Waals surface area contributed by atoms with Gasteiger partial charge in [-0.25, -0.2) is 4.79 Å². The van der Waals surface area contributed by atoms with E-state index in [1.165, 1.54) is 23.3 Å². The van der Waals surface area contributed by atoms with Crippen LogP contribution in [0, 0.1) is 0 Å². The number of furan rings is 1. The summed E-state index contributed by atoms with van der Waals surface area (Å²) in [6.07, 6.45) is 0.892. The SMILES string of the molecule is CC(C)(C)N(C(=O)OCc1ccccc1)c1cc(C(=O)N=[N+]=[N-])cc2occc12. The highest BCUT2D eigenvalue weighted by atomic mass is 16.6. The van der Waals surface area contributed by atoms with Crippen LogP contribution in [0.5, 0.6) is 0 Å². The Morgan fingerprint density at radius 3 is 2.55 bits per heavy atom. The van der Waals surface area contributed by atoms with Crippen molar-refractivity contribution < 1.29 is 18.7 Å². The number of nitrogens with zero attached hydrogens (tertiary/aromatic N) is 4. The molecule has 3 aromatic rings. The third-order valence-electron chi connectivity index (χ3n) is 4.23. The van der Waals surface area contributed by atoms with Crippen molar-refractivity contribution in [2.75, 3.05) is 4.90 Å². The molecule has 0 spiro atoms. The van der Waals surface area contributed by atoms with Crippen molar-refractivity contribution in [2.45, 2.75) is 32.9 Å². The minimum absolute atomic E-state index is 0.109. The number of carbonyl (C=O) groups excluding carboxylic acids is 2. The topological polar surface area (TPSA) is 109 Å². The van der Waals surface area contributed by atoms with E-state index in [4.69, 9.17) is 14.7 Å². The smallest absolute Gasteiger partial charge is 0.415 e. The fourth-order valence-corrected chi connectivity index (χ4v) is 2.98. The largest absolute Gasteiger partial charge is 0.464 e. The highest BCUT2D eigenvalue weighted by Crippen LogP contribution is 2.34. The van der Waals surface area contributed by atoms with Crippen LogP contribution >= 0.6 is 0 Å². The number of ether oxygens (including phenoxy) is 1. The number of amides is 2. The lowest BCUT2D eigenvalue weighted by molar-refractivity contribution is 0.1000. The van der Waals surface area contributed by atoms with Crippen LogP contribution in [0.4, 0.5) is 10.5 Å². The van der Waals surface area contributed by atoms with E-state index in [0.29, 0.717) is 16.7 Å². The molecule has 0 bridgehead atoms. The number of hydrogen-bond donors (Lipinski definition) is 0. The van der Waals surface area contributed by atoms with E-state index in [0.717, 1.165) is 5.56 Å². The van der Waals surface area contributed by atoms with Crippen LogP contribution < -0.4 is 4.90 Å². The molecule has 29 heavy (non-hydrogen) atoms. The molecular weight excluding hydrogens is 372 g/mol. The van der Waals surface area contributed by atoms with Crippen LogP contribution in [0.1, 0.15) is 36.7 Å². The Morgan fingerprint density at radius 2 is 1.90 bits per heavy atom. The molecule has 3 rings (SSSR count). The first kappa shape index (κ1) is 20.0. The minimum Gasteiger partial charge on any atom is -0.464 e. The first-order valence-corrected chi connectivity index (χ1v) is 8.93. The van der Waals surface area contributed by atoms with Crippen molar-refractivity contribution in [3.8, 4) is 0 Å². The summed E-state index contributed by atoms with van der Waals surface area (Å²) in [6, 6.07) is 14.0. The first-order valence-electron chi connectivity index (χ1n) is 8.93. The normalized spacial score (nSPS) is 11.0. The predicted octanol–water partition coefficient (Wildman–Crippen LogP) is 5.83. The van der Waals surface area contributed by atoms with Gasteiger partial charge in [-0.05, 0) is 55.2 Å². The number of benzene rings is 2. The zero-order valence-electron chi connectivity index (χ0n) is 16.3. The highest BCUT2D eigenvalue weighted by molar-refractivity contribution is 6.06. The lowest BCUT2D eigenvalue weighted by Crippen LogP contribution is -2.46. The molecule has 0 N–H and O–H groups in total. The number of rotatable bonds is 4. The van der Waals surface area contributed by atoms with E-state index in [9.17, 15) is 9.59 Å². The summed E-state index contributed by atoms with van der Waals surface area (Å²) in [5.74, 6) is -0.765. The third kappa shape index (κ3) is 4.39. The van der Waals surface area contributed by atoms with Gasteiger partial charge in [-0.15, -0.1) is 0 Å². The van der Waals surface area contributed by atoms with E-state index in [-0.39, 0.29) is 12.2 Å². The van der Waals surface area contributed by atoms with Gasteiger partial charge in [0.05, 0.1) is 12.0 Å². The van der Waals surface area contributed by atoms with Gasteiger partial charge < -0.3 is 9.15 Å². The Kier molecular flexibility index (Phi) is 5.57. The molecule has 0 fully saturated rings. The summed E-state index contributed by atoms with van der Waals surface area (Å²) in [4.78, 5) is 29.2. The van der Waals surface area contributed by atoms with E-state index in [1.807, 2.05) is 51.1 Å². The monoisotopic (exact) mass is 392 g/mol. The Morgan fingerprint density at radius 1 is 1.17 bits per heavy atom. The maximum Gasteiger partial charge on any atom is 0.415 e. The van der Waals surface area contributed by atoms with Crippen molar-refractivity contribution in [1.82, 2.24) is 0 Å². The summed E-state index contributed by atoms with van der Waals surface area (Å²) in [5, 5.41) is 3.77. The molecule has 8 nitrogen and oxygen atoms in total. The minimum atomic E-state index is -0.765. The molecule has 0 saturated heterocycles. The molecule has 0 atom stereocenters. The fraction of sp³-hybridized carbons (Fsp3) is 0.238. The van der Waals surface area contributed by atoms with Gasteiger partial charge in [-0.2, -0.15) is 0 Å². The lowest BCUT2D eigenvalue weighted by Gasteiger charge is -2.35. The van der Waals surface area contributed by atoms with Gasteiger partial charge in [-0.3, -0.25) is 9.69 Å². The van der Waals surface area contributed by atoms with Crippen LogP contribution in [0.2, 0.25) is 0 Å². The third-order valence-corrected chi connectivity index (χ3v) is 4.23. The Bertz CT molecular complexity index is 1090. The zero-order valence-corrected chi connectivity index (χ0v) is 16.3. The highest BCUT2D eigenvalue weighted by Gasteiger charge is 2.32. The average molecular weight is 392 g/mol. The first-order chi connectivity index (χ1) is 13.8. The van der Waals surface area contributed by atoms with Crippen LogP contribution in [0.3, 0.4) is 0 Å². The van der Waals surface area contributed by atoms with Crippen molar-refractivity contribution in [1.29, 1.82) is 0 Å². The van der Waals surface area contributed by atoms with Gasteiger partial charge >= 0.3 is 6.09 Å². The standard InChI is InChI=1S/C21H20N4O4/c1-21(2,3)25(20(27)29-13-14-7-5-4-6-8-14)17-11-15(19(26)23-24-22)12-18-16(17)9-10-28-18/h4-12H,13H2,1-3H3. The van der Waals surface area contributed by atoms with Gasteiger partial charge in [0.25, 0.3) is 0 Å². The van der Waals surface area contributed by atoms with Gasteiger partial charge in [-0.1, -0.05) is 30.3 Å². The quantitative estimate of drug-likeness (QED) is 0.316. The van der Waals surface area contributed by atoms with Crippen molar-refractivity contribution in [3.63, 3.8) is 0 Å². The number of carbonyl (C=O) groups is 2. The average Bonchev–Trinajstić information content (AvgIpc) is 3.15. The fourth-order valence-electron chi connectivity index (χ4n) is 2.98. The van der Waals surface area contributed by atoms with Gasteiger partial charge in [0.1, 0.15) is 12.2 Å². The van der Waals surface area contributed by atoms with Crippen molar-refractivity contribution in [3.05, 3.63) is 76.4 Å². The molecule has 148 valence electrons. The summed E-state index contributed by atoms with van der Waals surface area (Å²) in [7, 11) is 0. The molecular formula is C21H20N4O4. The maximum atomic E-state index is 13.0. The van der Waals surface area contributed by atoms with Crippen molar-refractivity contribution in [2.24, 2.45) is 5.11 Å². The molecule has 2 aromatic carbocycles. The number of hydrogen-bond acceptors (Lipinski definition) is 4. The van der Waals surface area contributed by atoms with Crippen LogP contribution in [-0.4, -0.2) is 17.5 Å². The molecule has 1 aromatic heterocycles. The van der Waals surface area contributed by atoms with E-state index in [1.54, 1.807) is 6.07 Å². The van der Waals surface area contributed by atoms with E-state index >= 15 is 0 Å². The van der Waals surface area contributed by atoms with Crippen LogP contribution in [0.15, 0.2) is 64.3 Å². The second-order valence-electron chi connectivity index (χ2n) is 7.37. The van der Waals surface area contributed by atoms with Crippen LogP contribution in [0.25, 0.3) is 21.4 Å². The molecule has 0 radical (unpaired) electrons. The molecule has 0 aliphatic rings. The predicted molar refractivity (Wildman–Crippen MR) is 109 cm³/mol. The molecule has 0 saturated carbocycles. The summed E-state index contributed by atoms with van der Waals surface area (Å²) >= 11 is 0. The number of fused-ring (bicyclic) bond motifs is 1.